The molecule has 0 saturated heterocycles. The largest absolute Gasteiger partial charge is 0.464 e. The first-order valence-electron chi connectivity index (χ1n) is 7.06. The molecule has 1 aliphatic carbocycles. The number of H-pyrrole nitrogens is 1. The van der Waals surface area contributed by atoms with Gasteiger partial charge >= 0.3 is 11.9 Å². The van der Waals surface area contributed by atoms with Crippen LogP contribution in [0.15, 0.2) is 18.2 Å². The quantitative estimate of drug-likeness (QED) is 0.669. The maximum atomic E-state index is 12.3. The molecule has 1 aliphatic rings. The van der Waals surface area contributed by atoms with Crippen LogP contribution in [0.3, 0.4) is 0 Å². The predicted molar refractivity (Wildman–Crippen MR) is 80.0 cm³/mol. The number of rotatable bonds is 3. The van der Waals surface area contributed by atoms with E-state index < -0.39 is 23.5 Å². The normalized spacial score (nSPS) is 12.4. The van der Waals surface area contributed by atoms with Crippen molar-refractivity contribution < 1.29 is 28.7 Å². The van der Waals surface area contributed by atoms with E-state index in [2.05, 4.69) is 14.7 Å². The molecule has 8 nitrogen and oxygen atoms in total. The number of nitrogens with zero attached hydrogens (tertiary/aromatic N) is 1. The fraction of sp³-hybridized carbons (Fsp3) is 0.188. The number of ether oxygens (including phenoxy) is 2. The average molecular weight is 328 g/mol. The van der Waals surface area contributed by atoms with E-state index in [0.717, 1.165) is 0 Å². The van der Waals surface area contributed by atoms with Gasteiger partial charge in [-0.1, -0.05) is 0 Å². The van der Waals surface area contributed by atoms with E-state index in [0.29, 0.717) is 5.56 Å². The maximum Gasteiger partial charge on any atom is 0.356 e. The van der Waals surface area contributed by atoms with Gasteiger partial charge < -0.3 is 14.5 Å². The highest BCUT2D eigenvalue weighted by Crippen LogP contribution is 2.33. The molecule has 2 aromatic rings. The second-order valence-electron chi connectivity index (χ2n) is 4.93. The summed E-state index contributed by atoms with van der Waals surface area (Å²) in [5, 5.41) is 0. The predicted octanol–water partition coefficient (Wildman–Crippen LogP) is 1.42. The number of carbonyl (C=O) groups is 4. The summed E-state index contributed by atoms with van der Waals surface area (Å²) in [4.78, 5) is 54.6. The summed E-state index contributed by atoms with van der Waals surface area (Å²) in [7, 11) is 1.20. The van der Waals surface area contributed by atoms with E-state index in [1.165, 1.54) is 25.3 Å². The van der Waals surface area contributed by atoms with E-state index in [1.807, 2.05) is 0 Å². The molecule has 1 N–H and O–H groups in total. The molecule has 122 valence electrons. The van der Waals surface area contributed by atoms with Crippen LogP contribution in [-0.2, 0) is 9.47 Å². The molecule has 24 heavy (non-hydrogen) atoms. The number of nitrogens with one attached hydrogen (secondary N) is 1. The first-order chi connectivity index (χ1) is 11.5. The minimum absolute atomic E-state index is 0.0472. The molecule has 8 heteroatoms. The van der Waals surface area contributed by atoms with Gasteiger partial charge in [0.25, 0.3) is 5.78 Å². The van der Waals surface area contributed by atoms with Crippen molar-refractivity contribution in [3.8, 4) is 11.3 Å². The number of hydrogen-bond donors (Lipinski definition) is 1. The molecule has 3 rings (SSSR count). The monoisotopic (exact) mass is 328 g/mol. The van der Waals surface area contributed by atoms with Crippen molar-refractivity contribution >= 4 is 23.5 Å². The van der Waals surface area contributed by atoms with Gasteiger partial charge in [0.1, 0.15) is 17.1 Å². The van der Waals surface area contributed by atoms with Crippen LogP contribution in [0.4, 0.5) is 0 Å². The maximum absolute atomic E-state index is 12.3. The molecule has 0 atom stereocenters. The SMILES string of the molecule is CCOC(=O)c1ccc2c(n1)C(=O)C(=O)c1cc(C(=O)OC)[nH]c1-2. The summed E-state index contributed by atoms with van der Waals surface area (Å²) in [5.41, 5.74) is 0.511. The Balaban J connectivity index is 2.14. The van der Waals surface area contributed by atoms with Gasteiger partial charge in [-0.2, -0.15) is 0 Å². The van der Waals surface area contributed by atoms with Crippen molar-refractivity contribution in [3.05, 3.63) is 40.8 Å². The number of hydrogen-bond acceptors (Lipinski definition) is 7. The van der Waals surface area contributed by atoms with Crippen LogP contribution in [0.1, 0.15) is 48.7 Å². The summed E-state index contributed by atoms with van der Waals surface area (Å²) in [5.74, 6) is -3.01. The third kappa shape index (κ3) is 2.28. The number of Topliss-reactive ketones (excluding diaryl/α,β-unsaturated/α-hetero) is 2. The van der Waals surface area contributed by atoms with E-state index in [1.54, 1.807) is 6.92 Å². The highest BCUT2D eigenvalue weighted by Gasteiger charge is 2.35. The Labute approximate surface area is 135 Å². The van der Waals surface area contributed by atoms with Crippen LogP contribution in [0, 0.1) is 0 Å². The number of carbonyl (C=O) groups excluding carboxylic acids is 4. The van der Waals surface area contributed by atoms with Crippen LogP contribution in [0.25, 0.3) is 11.3 Å². The summed E-state index contributed by atoms with van der Waals surface area (Å²) in [6.07, 6.45) is 0. The third-order valence-electron chi connectivity index (χ3n) is 3.54. The molecule has 0 bridgehead atoms. The molecule has 0 radical (unpaired) electrons. The zero-order valence-electron chi connectivity index (χ0n) is 12.8. The molecule has 0 saturated carbocycles. The number of aromatic nitrogens is 2. The lowest BCUT2D eigenvalue weighted by Crippen LogP contribution is -2.23. The summed E-state index contributed by atoms with van der Waals surface area (Å²) >= 11 is 0. The molecule has 2 heterocycles. The summed E-state index contributed by atoms with van der Waals surface area (Å²) < 4.78 is 9.43. The van der Waals surface area contributed by atoms with Gasteiger partial charge in [0.2, 0.25) is 5.78 Å². The Bertz CT molecular complexity index is 896. The number of aromatic amines is 1. The second-order valence-corrected chi connectivity index (χ2v) is 4.93. The van der Waals surface area contributed by atoms with Gasteiger partial charge in [0.15, 0.2) is 0 Å². The Hall–Kier alpha value is -3.29. The highest BCUT2D eigenvalue weighted by molar-refractivity contribution is 6.52. The summed E-state index contributed by atoms with van der Waals surface area (Å²) in [6.45, 7) is 1.80. The van der Waals surface area contributed by atoms with Gasteiger partial charge in [-0.25, -0.2) is 14.6 Å². The van der Waals surface area contributed by atoms with Crippen molar-refractivity contribution in [2.75, 3.05) is 13.7 Å². The zero-order chi connectivity index (χ0) is 17.4. The molecule has 0 spiro atoms. The summed E-state index contributed by atoms with van der Waals surface area (Å²) in [6, 6.07) is 4.14. The Morgan fingerprint density at radius 1 is 1.12 bits per heavy atom. The number of methoxy groups -OCH3 is 1. The van der Waals surface area contributed by atoms with Crippen LogP contribution < -0.4 is 0 Å². The second kappa shape index (κ2) is 5.73. The number of pyridine rings is 1. The minimum Gasteiger partial charge on any atom is -0.464 e. The van der Waals surface area contributed by atoms with Crippen molar-refractivity contribution in [2.45, 2.75) is 6.92 Å². The average Bonchev–Trinajstić information content (AvgIpc) is 3.04. The van der Waals surface area contributed by atoms with Crippen molar-refractivity contribution in [1.29, 1.82) is 0 Å². The molecular formula is C16H12N2O6. The number of esters is 2. The standard InChI is InChI=1S/C16H12N2O6/c1-3-24-16(22)9-5-4-7-11-8(6-10(18-11)15(21)23-2)13(19)14(20)12(7)17-9/h4-6,18H,3H2,1-2H3. The van der Waals surface area contributed by atoms with Gasteiger partial charge in [0, 0.05) is 5.56 Å². The topological polar surface area (TPSA) is 115 Å². The fourth-order valence-electron chi connectivity index (χ4n) is 2.45. The van der Waals surface area contributed by atoms with Crippen molar-refractivity contribution in [2.24, 2.45) is 0 Å². The van der Waals surface area contributed by atoms with E-state index in [4.69, 9.17) is 4.74 Å². The van der Waals surface area contributed by atoms with Gasteiger partial charge in [0.05, 0.1) is 25.0 Å². The molecular weight excluding hydrogens is 316 g/mol. The van der Waals surface area contributed by atoms with E-state index >= 15 is 0 Å². The molecule has 0 fully saturated rings. The number of fused-ring (bicyclic) bond motifs is 3. The van der Waals surface area contributed by atoms with Gasteiger partial charge in [-0.3, -0.25) is 9.59 Å². The first kappa shape index (κ1) is 15.6. The smallest absolute Gasteiger partial charge is 0.356 e. The Kier molecular flexibility index (Phi) is 3.72. The molecule has 2 aromatic heterocycles. The van der Waals surface area contributed by atoms with Crippen molar-refractivity contribution in [3.63, 3.8) is 0 Å². The fourth-order valence-corrected chi connectivity index (χ4v) is 2.45. The lowest BCUT2D eigenvalue weighted by atomic mass is 9.92. The van der Waals surface area contributed by atoms with Gasteiger partial charge in [-0.15, -0.1) is 0 Å². The molecule has 0 aliphatic heterocycles. The molecule has 0 unspecified atom stereocenters. The van der Waals surface area contributed by atoms with E-state index in [-0.39, 0.29) is 34.9 Å². The lowest BCUT2D eigenvalue weighted by Gasteiger charge is -2.14. The zero-order valence-corrected chi connectivity index (χ0v) is 12.8. The highest BCUT2D eigenvalue weighted by atomic mass is 16.5. The third-order valence-corrected chi connectivity index (χ3v) is 3.54. The van der Waals surface area contributed by atoms with Crippen molar-refractivity contribution in [1.82, 2.24) is 9.97 Å². The van der Waals surface area contributed by atoms with Crippen LogP contribution >= 0.6 is 0 Å². The lowest BCUT2D eigenvalue weighted by molar-refractivity contribution is 0.0518. The van der Waals surface area contributed by atoms with Crippen LogP contribution in [0.5, 0.6) is 0 Å². The first-order valence-corrected chi connectivity index (χ1v) is 7.06. The minimum atomic E-state index is -0.848. The van der Waals surface area contributed by atoms with E-state index in [9.17, 15) is 19.2 Å². The number of ketones is 2. The Morgan fingerprint density at radius 3 is 2.54 bits per heavy atom. The molecule has 0 amide bonds. The van der Waals surface area contributed by atoms with Crippen LogP contribution in [-0.4, -0.2) is 47.2 Å². The van der Waals surface area contributed by atoms with Gasteiger partial charge in [-0.05, 0) is 25.1 Å². The molecule has 0 aromatic carbocycles. The Morgan fingerprint density at radius 2 is 1.88 bits per heavy atom. The van der Waals surface area contributed by atoms with Crippen LogP contribution in [0.2, 0.25) is 0 Å².